The van der Waals surface area contributed by atoms with Crippen molar-refractivity contribution in [2.45, 2.75) is 32.3 Å². The normalized spacial score (nSPS) is 21.6. The van der Waals surface area contributed by atoms with Gasteiger partial charge in [0.1, 0.15) is 0 Å². The molecule has 0 saturated carbocycles. The molecule has 1 aromatic carbocycles. The summed E-state index contributed by atoms with van der Waals surface area (Å²) < 4.78 is 0. The van der Waals surface area contributed by atoms with Crippen LogP contribution in [0.5, 0.6) is 0 Å². The van der Waals surface area contributed by atoms with E-state index in [9.17, 15) is 10.2 Å². The summed E-state index contributed by atoms with van der Waals surface area (Å²) in [6.45, 7) is 2.03. The van der Waals surface area contributed by atoms with Gasteiger partial charge in [-0.1, -0.05) is 30.3 Å². The molecule has 2 N–H and O–H groups in total. The van der Waals surface area contributed by atoms with Crippen molar-refractivity contribution >= 4 is 16.5 Å². The standard InChI is InChI=1S/C18H24N2O2S/c21-11-16-12-23-17(19-16)20-10-4-8-18(13-20,14-22)9-7-15-5-2-1-3-6-15/h1-3,5-6,12,21-22H,4,7-11,13-14H2. The molecule has 1 saturated heterocycles. The van der Waals surface area contributed by atoms with E-state index < -0.39 is 0 Å². The minimum absolute atomic E-state index is 0.0104. The van der Waals surface area contributed by atoms with Crippen LogP contribution in [0, 0.1) is 5.41 Å². The fourth-order valence-electron chi connectivity index (χ4n) is 3.35. The third-order valence-corrected chi connectivity index (χ3v) is 5.71. The van der Waals surface area contributed by atoms with E-state index in [1.54, 1.807) is 11.3 Å². The molecule has 1 atom stereocenters. The van der Waals surface area contributed by atoms with Crippen molar-refractivity contribution in [2.75, 3.05) is 24.6 Å². The Kier molecular flexibility index (Phi) is 5.30. The summed E-state index contributed by atoms with van der Waals surface area (Å²) in [4.78, 5) is 6.76. The number of hydrogen-bond donors (Lipinski definition) is 2. The van der Waals surface area contributed by atoms with Gasteiger partial charge in [-0.3, -0.25) is 0 Å². The first-order chi connectivity index (χ1) is 11.2. The highest BCUT2D eigenvalue weighted by atomic mass is 32.1. The number of nitrogens with zero attached hydrogens (tertiary/aromatic N) is 2. The Hall–Kier alpha value is -1.43. The lowest BCUT2D eigenvalue weighted by Gasteiger charge is -2.42. The summed E-state index contributed by atoms with van der Waals surface area (Å²) in [5.74, 6) is 0. The first-order valence-corrected chi connectivity index (χ1v) is 9.08. The largest absolute Gasteiger partial charge is 0.396 e. The van der Waals surface area contributed by atoms with Gasteiger partial charge in [-0.15, -0.1) is 11.3 Å². The molecule has 124 valence electrons. The van der Waals surface area contributed by atoms with Crippen LogP contribution < -0.4 is 4.90 Å². The van der Waals surface area contributed by atoms with Gasteiger partial charge in [0.05, 0.1) is 18.9 Å². The number of hydrogen-bond acceptors (Lipinski definition) is 5. The van der Waals surface area contributed by atoms with Gasteiger partial charge in [-0.25, -0.2) is 4.98 Å². The molecule has 0 spiro atoms. The topological polar surface area (TPSA) is 56.6 Å². The van der Waals surface area contributed by atoms with Crippen molar-refractivity contribution in [3.63, 3.8) is 0 Å². The number of aliphatic hydroxyl groups excluding tert-OH is 2. The Labute approximate surface area is 141 Å². The number of aliphatic hydroxyl groups is 2. The van der Waals surface area contributed by atoms with E-state index in [1.165, 1.54) is 5.56 Å². The van der Waals surface area contributed by atoms with Crippen LogP contribution in [-0.4, -0.2) is 34.9 Å². The fourth-order valence-corrected chi connectivity index (χ4v) is 4.20. The van der Waals surface area contributed by atoms with Crippen LogP contribution in [0.2, 0.25) is 0 Å². The van der Waals surface area contributed by atoms with Gasteiger partial charge < -0.3 is 15.1 Å². The fraction of sp³-hybridized carbons (Fsp3) is 0.500. The van der Waals surface area contributed by atoms with Crippen molar-refractivity contribution in [3.8, 4) is 0 Å². The second-order valence-electron chi connectivity index (χ2n) is 6.45. The number of rotatable bonds is 6. The third kappa shape index (κ3) is 3.91. The van der Waals surface area contributed by atoms with Crippen LogP contribution in [0.4, 0.5) is 5.13 Å². The van der Waals surface area contributed by atoms with Crippen LogP contribution in [0.25, 0.3) is 0 Å². The SMILES string of the molecule is OCc1csc(N2CCCC(CO)(CCc3ccccc3)C2)n1. The van der Waals surface area contributed by atoms with E-state index >= 15 is 0 Å². The molecule has 0 amide bonds. The zero-order chi connectivity index (χ0) is 16.1. The lowest BCUT2D eigenvalue weighted by Crippen LogP contribution is -2.45. The predicted molar refractivity (Wildman–Crippen MR) is 93.8 cm³/mol. The molecule has 0 radical (unpaired) electrons. The van der Waals surface area contributed by atoms with Gasteiger partial charge in [0.25, 0.3) is 0 Å². The lowest BCUT2D eigenvalue weighted by atomic mass is 9.76. The average molecular weight is 332 g/mol. The Morgan fingerprint density at radius 2 is 2.04 bits per heavy atom. The molecule has 1 fully saturated rings. The van der Waals surface area contributed by atoms with Crippen LogP contribution >= 0.6 is 11.3 Å². The van der Waals surface area contributed by atoms with E-state index in [-0.39, 0.29) is 18.6 Å². The quantitative estimate of drug-likeness (QED) is 0.854. The summed E-state index contributed by atoms with van der Waals surface area (Å²) in [5, 5.41) is 22.1. The van der Waals surface area contributed by atoms with Crippen molar-refractivity contribution in [3.05, 3.63) is 47.0 Å². The number of aryl methyl sites for hydroxylation is 1. The summed E-state index contributed by atoms with van der Waals surface area (Å²) in [7, 11) is 0. The highest BCUT2D eigenvalue weighted by molar-refractivity contribution is 7.13. The maximum absolute atomic E-state index is 10.1. The second kappa shape index (κ2) is 7.43. The molecular weight excluding hydrogens is 308 g/mol. The molecule has 1 aliphatic rings. The highest BCUT2D eigenvalue weighted by Gasteiger charge is 2.35. The maximum Gasteiger partial charge on any atom is 0.185 e. The van der Waals surface area contributed by atoms with Crippen LogP contribution in [0.1, 0.15) is 30.5 Å². The zero-order valence-electron chi connectivity index (χ0n) is 13.3. The van der Waals surface area contributed by atoms with Crippen LogP contribution in [0.3, 0.4) is 0 Å². The summed E-state index contributed by atoms with van der Waals surface area (Å²) in [6, 6.07) is 10.5. The van der Waals surface area contributed by atoms with Gasteiger partial charge in [0, 0.05) is 23.9 Å². The van der Waals surface area contributed by atoms with Gasteiger partial charge in [0.2, 0.25) is 0 Å². The molecule has 5 heteroatoms. The number of thiazole rings is 1. The third-order valence-electron chi connectivity index (χ3n) is 4.76. The molecule has 2 heterocycles. The Morgan fingerprint density at radius 1 is 1.22 bits per heavy atom. The van der Waals surface area contributed by atoms with E-state index in [4.69, 9.17) is 0 Å². The molecule has 1 aliphatic heterocycles. The predicted octanol–water partition coefficient (Wildman–Crippen LogP) is 2.85. The minimum Gasteiger partial charge on any atom is -0.396 e. The number of benzene rings is 1. The van der Waals surface area contributed by atoms with Crippen LogP contribution in [0.15, 0.2) is 35.7 Å². The Bertz CT molecular complexity index is 616. The van der Waals surface area contributed by atoms with Gasteiger partial charge in [-0.2, -0.15) is 0 Å². The van der Waals surface area contributed by atoms with Crippen molar-refractivity contribution < 1.29 is 10.2 Å². The van der Waals surface area contributed by atoms with E-state index in [2.05, 4.69) is 34.1 Å². The van der Waals surface area contributed by atoms with E-state index in [1.807, 2.05) is 11.4 Å². The summed E-state index contributed by atoms with van der Waals surface area (Å²) in [6.07, 6.45) is 4.12. The van der Waals surface area contributed by atoms with E-state index in [0.29, 0.717) is 0 Å². The average Bonchev–Trinajstić information content (AvgIpc) is 3.10. The molecule has 1 unspecified atom stereocenters. The lowest BCUT2D eigenvalue weighted by molar-refractivity contribution is 0.0965. The van der Waals surface area contributed by atoms with Gasteiger partial charge in [0.15, 0.2) is 5.13 Å². The molecule has 23 heavy (non-hydrogen) atoms. The van der Waals surface area contributed by atoms with Gasteiger partial charge in [-0.05, 0) is 31.2 Å². The molecule has 1 aromatic heterocycles. The molecule has 3 rings (SSSR count). The maximum atomic E-state index is 10.1. The van der Waals surface area contributed by atoms with Crippen molar-refractivity contribution in [1.29, 1.82) is 0 Å². The smallest absolute Gasteiger partial charge is 0.185 e. The first kappa shape index (κ1) is 16.4. The summed E-state index contributed by atoms with van der Waals surface area (Å²) >= 11 is 1.58. The van der Waals surface area contributed by atoms with Crippen molar-refractivity contribution in [2.24, 2.45) is 5.41 Å². The number of anilines is 1. The molecule has 4 nitrogen and oxygen atoms in total. The monoisotopic (exact) mass is 332 g/mol. The second-order valence-corrected chi connectivity index (χ2v) is 7.28. The van der Waals surface area contributed by atoms with Crippen LogP contribution in [-0.2, 0) is 13.0 Å². The summed E-state index contributed by atoms with van der Waals surface area (Å²) in [5.41, 5.74) is 2.00. The molecular formula is C18H24N2O2S. The highest BCUT2D eigenvalue weighted by Crippen LogP contribution is 2.37. The first-order valence-electron chi connectivity index (χ1n) is 8.20. The molecule has 2 aromatic rings. The zero-order valence-corrected chi connectivity index (χ0v) is 14.1. The van der Waals surface area contributed by atoms with Crippen molar-refractivity contribution in [1.82, 2.24) is 4.98 Å². The minimum atomic E-state index is -0.0564. The molecule has 0 bridgehead atoms. The Morgan fingerprint density at radius 3 is 2.74 bits per heavy atom. The van der Waals surface area contributed by atoms with Gasteiger partial charge >= 0.3 is 0 Å². The van der Waals surface area contributed by atoms with E-state index in [0.717, 1.165) is 49.6 Å². The number of piperidine rings is 1. The Balaban J connectivity index is 1.68. The number of aromatic nitrogens is 1. The molecule has 0 aliphatic carbocycles.